The zero-order valence-corrected chi connectivity index (χ0v) is 7.78. The molecule has 0 bridgehead atoms. The van der Waals surface area contributed by atoms with Gasteiger partial charge in [0.25, 0.3) is 0 Å². The molecule has 0 aliphatic carbocycles. The molecule has 0 amide bonds. The average Bonchev–Trinajstić information content (AvgIpc) is 1.96. The topological polar surface area (TPSA) is 20.2 Å². The van der Waals surface area contributed by atoms with E-state index in [2.05, 4.69) is 15.9 Å². The van der Waals surface area contributed by atoms with Crippen molar-refractivity contribution in [1.29, 1.82) is 0 Å². The second-order valence-corrected chi connectivity index (χ2v) is 3.21. The number of halogens is 3. The van der Waals surface area contributed by atoms with Crippen LogP contribution in [0.2, 0.25) is 0 Å². The molecule has 0 saturated carbocycles. The van der Waals surface area contributed by atoms with Crippen LogP contribution < -0.4 is 0 Å². The van der Waals surface area contributed by atoms with Crippen LogP contribution >= 0.6 is 27.5 Å². The zero-order chi connectivity index (χ0) is 8.43. The van der Waals surface area contributed by atoms with Crippen LogP contribution in [0.1, 0.15) is 5.56 Å². The van der Waals surface area contributed by atoms with Crippen LogP contribution in [0.25, 0.3) is 0 Å². The molecule has 0 aliphatic heterocycles. The van der Waals surface area contributed by atoms with Crippen LogP contribution in [-0.4, -0.2) is 5.11 Å². The van der Waals surface area contributed by atoms with Gasteiger partial charge in [0.15, 0.2) is 11.6 Å². The second kappa shape index (κ2) is 3.41. The van der Waals surface area contributed by atoms with Crippen LogP contribution in [0.15, 0.2) is 16.6 Å². The molecule has 1 aromatic carbocycles. The van der Waals surface area contributed by atoms with E-state index in [-0.39, 0.29) is 11.6 Å². The molecule has 0 aliphatic rings. The summed E-state index contributed by atoms with van der Waals surface area (Å²) < 4.78 is 13.3. The Labute approximate surface area is 76.9 Å². The molecule has 1 nitrogen and oxygen atoms in total. The van der Waals surface area contributed by atoms with Gasteiger partial charge in [-0.2, -0.15) is 0 Å². The maximum atomic E-state index is 12.7. The zero-order valence-electron chi connectivity index (χ0n) is 5.44. The van der Waals surface area contributed by atoms with Crippen molar-refractivity contribution in [2.75, 3.05) is 0 Å². The molecule has 0 fully saturated rings. The van der Waals surface area contributed by atoms with Crippen molar-refractivity contribution in [3.05, 3.63) is 28.0 Å². The maximum Gasteiger partial charge on any atom is 0.166 e. The third-order valence-corrected chi connectivity index (χ3v) is 2.00. The smallest absolute Gasteiger partial charge is 0.166 e. The number of hydrogen-bond acceptors (Lipinski definition) is 1. The first-order chi connectivity index (χ1) is 5.15. The SMILES string of the molecule is Oc1c(F)cc(Br)cc1CCl. The first kappa shape index (κ1) is 8.81. The summed E-state index contributed by atoms with van der Waals surface area (Å²) in [5.74, 6) is -0.930. The van der Waals surface area contributed by atoms with Gasteiger partial charge in [0, 0.05) is 10.0 Å². The predicted octanol–water partition coefficient (Wildman–Crippen LogP) is 3.03. The highest BCUT2D eigenvalue weighted by atomic mass is 79.9. The normalized spacial score (nSPS) is 10.1. The molecule has 0 spiro atoms. The minimum Gasteiger partial charge on any atom is -0.505 e. The third kappa shape index (κ3) is 1.84. The lowest BCUT2D eigenvalue weighted by Gasteiger charge is -2.01. The fourth-order valence-electron chi connectivity index (χ4n) is 0.721. The Kier molecular flexibility index (Phi) is 2.73. The molecule has 11 heavy (non-hydrogen) atoms. The van der Waals surface area contributed by atoms with Crippen molar-refractivity contribution < 1.29 is 9.50 Å². The predicted molar refractivity (Wildman–Crippen MR) is 45.3 cm³/mol. The van der Waals surface area contributed by atoms with Gasteiger partial charge in [-0.3, -0.25) is 0 Å². The number of alkyl halides is 1. The summed E-state index contributed by atoms with van der Waals surface area (Å²) in [4.78, 5) is 0. The van der Waals surface area contributed by atoms with E-state index < -0.39 is 5.82 Å². The standard InChI is InChI=1S/C7H5BrClFO/c8-5-1-4(3-9)7(11)6(10)2-5/h1-2,11H,3H2. The van der Waals surface area contributed by atoms with Crippen LogP contribution in [0.4, 0.5) is 4.39 Å². The van der Waals surface area contributed by atoms with E-state index >= 15 is 0 Å². The van der Waals surface area contributed by atoms with Crippen LogP contribution in [0.5, 0.6) is 5.75 Å². The molecule has 1 N–H and O–H groups in total. The molecular weight excluding hydrogens is 234 g/mol. The van der Waals surface area contributed by atoms with Gasteiger partial charge in [-0.05, 0) is 12.1 Å². The highest BCUT2D eigenvalue weighted by Gasteiger charge is 2.06. The molecule has 0 unspecified atom stereocenters. The van der Waals surface area contributed by atoms with Crippen molar-refractivity contribution in [3.63, 3.8) is 0 Å². The Balaban J connectivity index is 3.24. The van der Waals surface area contributed by atoms with Gasteiger partial charge in [-0.15, -0.1) is 11.6 Å². The van der Waals surface area contributed by atoms with E-state index in [9.17, 15) is 4.39 Å². The molecule has 1 rings (SSSR count). The van der Waals surface area contributed by atoms with Crippen LogP contribution in [-0.2, 0) is 5.88 Å². The lowest BCUT2D eigenvalue weighted by Crippen LogP contribution is -1.84. The van der Waals surface area contributed by atoms with E-state index in [1.807, 2.05) is 0 Å². The number of benzene rings is 1. The van der Waals surface area contributed by atoms with Crippen molar-refractivity contribution in [2.24, 2.45) is 0 Å². The number of aromatic hydroxyl groups is 1. The van der Waals surface area contributed by atoms with E-state index in [1.54, 1.807) is 6.07 Å². The second-order valence-electron chi connectivity index (χ2n) is 2.03. The Hall–Kier alpha value is -0.280. The highest BCUT2D eigenvalue weighted by Crippen LogP contribution is 2.26. The fraction of sp³-hybridized carbons (Fsp3) is 0.143. The number of hydrogen-bond donors (Lipinski definition) is 1. The molecule has 0 atom stereocenters. The van der Waals surface area contributed by atoms with Gasteiger partial charge < -0.3 is 5.11 Å². The third-order valence-electron chi connectivity index (χ3n) is 1.25. The molecule has 0 radical (unpaired) electrons. The number of rotatable bonds is 1. The van der Waals surface area contributed by atoms with Gasteiger partial charge in [-0.25, -0.2) is 4.39 Å². The molecular formula is C7H5BrClFO. The van der Waals surface area contributed by atoms with E-state index in [0.717, 1.165) is 0 Å². The minimum atomic E-state index is -0.657. The molecule has 0 heterocycles. The highest BCUT2D eigenvalue weighted by molar-refractivity contribution is 9.10. The van der Waals surface area contributed by atoms with E-state index in [0.29, 0.717) is 10.0 Å². The Morgan fingerprint density at radius 2 is 2.18 bits per heavy atom. The van der Waals surface area contributed by atoms with Crippen molar-refractivity contribution >= 4 is 27.5 Å². The van der Waals surface area contributed by atoms with Crippen LogP contribution in [0, 0.1) is 5.82 Å². The lowest BCUT2D eigenvalue weighted by molar-refractivity contribution is 0.427. The maximum absolute atomic E-state index is 12.7. The molecule has 60 valence electrons. The molecule has 0 saturated heterocycles. The van der Waals surface area contributed by atoms with E-state index in [1.165, 1.54) is 6.07 Å². The Morgan fingerprint density at radius 3 is 2.73 bits per heavy atom. The average molecular weight is 239 g/mol. The largest absolute Gasteiger partial charge is 0.505 e. The van der Waals surface area contributed by atoms with Crippen molar-refractivity contribution in [2.45, 2.75) is 5.88 Å². The minimum absolute atomic E-state index is 0.0994. The van der Waals surface area contributed by atoms with Gasteiger partial charge in [0.05, 0.1) is 5.88 Å². The van der Waals surface area contributed by atoms with Gasteiger partial charge in [-0.1, -0.05) is 15.9 Å². The monoisotopic (exact) mass is 238 g/mol. The fourth-order valence-corrected chi connectivity index (χ4v) is 1.40. The van der Waals surface area contributed by atoms with Gasteiger partial charge in [0.2, 0.25) is 0 Å². The summed E-state index contributed by atoms with van der Waals surface area (Å²) in [6.07, 6.45) is 0. The summed E-state index contributed by atoms with van der Waals surface area (Å²) in [7, 11) is 0. The number of phenols is 1. The summed E-state index contributed by atoms with van der Waals surface area (Å²) in [6, 6.07) is 2.76. The first-order valence-electron chi connectivity index (χ1n) is 2.88. The quantitative estimate of drug-likeness (QED) is 0.747. The molecule has 1 aromatic rings. The van der Waals surface area contributed by atoms with Gasteiger partial charge in [0.1, 0.15) is 0 Å². The summed E-state index contributed by atoms with van der Waals surface area (Å²) >= 11 is 8.51. The Morgan fingerprint density at radius 1 is 1.55 bits per heavy atom. The van der Waals surface area contributed by atoms with Gasteiger partial charge >= 0.3 is 0 Å². The summed E-state index contributed by atoms with van der Waals surface area (Å²) in [5.41, 5.74) is 0.388. The van der Waals surface area contributed by atoms with E-state index in [4.69, 9.17) is 16.7 Å². The molecule has 0 aromatic heterocycles. The van der Waals surface area contributed by atoms with Crippen LogP contribution in [0.3, 0.4) is 0 Å². The Bertz CT molecular complexity index is 277. The van der Waals surface area contributed by atoms with Crippen molar-refractivity contribution in [3.8, 4) is 5.75 Å². The lowest BCUT2D eigenvalue weighted by atomic mass is 10.2. The summed E-state index contributed by atoms with van der Waals surface area (Å²) in [5, 5.41) is 9.04. The van der Waals surface area contributed by atoms with Crippen molar-refractivity contribution in [1.82, 2.24) is 0 Å². The summed E-state index contributed by atoms with van der Waals surface area (Å²) in [6.45, 7) is 0. The first-order valence-corrected chi connectivity index (χ1v) is 4.20. The molecule has 4 heteroatoms. The number of phenolic OH excluding ortho intramolecular Hbond substituents is 1.